The fraction of sp³-hybridized carbons (Fsp3) is 0.455. The summed E-state index contributed by atoms with van der Waals surface area (Å²) < 4.78 is 22.1. The normalized spacial score (nSPS) is 25.1. The van der Waals surface area contributed by atoms with E-state index < -0.39 is 0 Å². The summed E-state index contributed by atoms with van der Waals surface area (Å²) in [6, 6.07) is 0. The third kappa shape index (κ3) is 6.51. The van der Waals surface area contributed by atoms with Crippen molar-refractivity contribution in [2.75, 3.05) is 28.4 Å². The second-order valence-electron chi connectivity index (χ2n) is 5.96. The highest BCUT2D eigenvalue weighted by molar-refractivity contribution is 5.40. The lowest BCUT2D eigenvalue weighted by atomic mass is 9.95. The maximum atomic E-state index is 5.68. The van der Waals surface area contributed by atoms with Crippen LogP contribution in [0.4, 0.5) is 0 Å². The molecule has 144 valence electrons. The minimum atomic E-state index is 0.591. The molecule has 4 nitrogen and oxygen atoms in total. The van der Waals surface area contributed by atoms with Crippen molar-refractivity contribution >= 4 is 0 Å². The van der Waals surface area contributed by atoms with Gasteiger partial charge in [0.05, 0.1) is 34.2 Å². The van der Waals surface area contributed by atoms with Crippen LogP contribution in [0, 0.1) is 0 Å². The molecule has 26 heavy (non-hydrogen) atoms. The van der Waals surface area contributed by atoms with Crippen molar-refractivity contribution in [3.8, 4) is 0 Å². The highest BCUT2D eigenvalue weighted by atomic mass is 16.5. The molecule has 0 aromatic carbocycles. The maximum Gasteiger partial charge on any atom is 0.198 e. The van der Waals surface area contributed by atoms with E-state index in [0.717, 1.165) is 42.8 Å². The van der Waals surface area contributed by atoms with Gasteiger partial charge in [-0.3, -0.25) is 0 Å². The number of allylic oxidation sites excluding steroid dienone is 8. The predicted molar refractivity (Wildman–Crippen MR) is 106 cm³/mol. The van der Waals surface area contributed by atoms with E-state index in [1.54, 1.807) is 28.4 Å². The number of hydrogen-bond donors (Lipinski definition) is 0. The molecule has 0 aromatic heterocycles. The molecule has 0 atom stereocenters. The minimum absolute atomic E-state index is 0.591. The summed E-state index contributed by atoms with van der Waals surface area (Å²) in [5.41, 5.74) is 2.39. The molecule has 0 aliphatic heterocycles. The molecule has 0 saturated heterocycles. The first-order chi connectivity index (χ1) is 12.6. The van der Waals surface area contributed by atoms with Gasteiger partial charge in [0.15, 0.2) is 11.5 Å². The lowest BCUT2D eigenvalue weighted by Crippen LogP contribution is -2.04. The van der Waals surface area contributed by atoms with Crippen LogP contribution in [0.2, 0.25) is 0 Å². The van der Waals surface area contributed by atoms with Crippen LogP contribution >= 0.6 is 0 Å². The predicted octanol–water partition coefficient (Wildman–Crippen LogP) is 5.57. The van der Waals surface area contributed by atoms with E-state index in [1.165, 1.54) is 5.57 Å². The third-order valence-electron chi connectivity index (χ3n) is 4.30. The van der Waals surface area contributed by atoms with E-state index in [-0.39, 0.29) is 0 Å². The lowest BCUT2D eigenvalue weighted by molar-refractivity contribution is 0.182. The van der Waals surface area contributed by atoms with E-state index >= 15 is 0 Å². The van der Waals surface area contributed by atoms with Crippen LogP contribution in [-0.4, -0.2) is 28.4 Å². The molecular formula is C22H32O4. The van der Waals surface area contributed by atoms with Gasteiger partial charge in [-0.1, -0.05) is 24.8 Å². The Morgan fingerprint density at radius 1 is 1.00 bits per heavy atom. The molecular weight excluding hydrogens is 328 g/mol. The Labute approximate surface area is 158 Å². The number of hydrogen-bond acceptors (Lipinski definition) is 4. The molecule has 1 aliphatic carbocycles. The Morgan fingerprint density at radius 3 is 2.35 bits per heavy atom. The second kappa shape index (κ2) is 12.1. The summed E-state index contributed by atoms with van der Waals surface area (Å²) in [4.78, 5) is 0. The van der Waals surface area contributed by atoms with Crippen molar-refractivity contribution in [3.05, 3.63) is 71.1 Å². The SMILES string of the molecule is C=C/C=C1/CCCC/C=C(OC)\C(OC)=C(\OC)C/C1=C/C=C(\C)OC. The van der Waals surface area contributed by atoms with Crippen molar-refractivity contribution < 1.29 is 18.9 Å². The summed E-state index contributed by atoms with van der Waals surface area (Å²) in [5, 5.41) is 0. The molecule has 1 aliphatic rings. The average Bonchev–Trinajstić information content (AvgIpc) is 2.69. The van der Waals surface area contributed by atoms with E-state index in [2.05, 4.69) is 24.8 Å². The molecule has 0 aromatic rings. The van der Waals surface area contributed by atoms with Crippen molar-refractivity contribution in [1.29, 1.82) is 0 Å². The molecule has 0 fully saturated rings. The number of rotatable bonds is 6. The van der Waals surface area contributed by atoms with Gasteiger partial charge in [-0.05, 0) is 55.9 Å². The first-order valence-corrected chi connectivity index (χ1v) is 8.90. The zero-order valence-electron chi connectivity index (χ0n) is 16.8. The van der Waals surface area contributed by atoms with Crippen LogP contribution in [0.3, 0.4) is 0 Å². The van der Waals surface area contributed by atoms with Crippen LogP contribution in [-0.2, 0) is 18.9 Å². The molecule has 1 rings (SSSR count). The van der Waals surface area contributed by atoms with Crippen molar-refractivity contribution in [2.45, 2.75) is 39.0 Å². The topological polar surface area (TPSA) is 36.9 Å². The van der Waals surface area contributed by atoms with Crippen molar-refractivity contribution in [1.82, 2.24) is 0 Å². The van der Waals surface area contributed by atoms with Crippen LogP contribution in [0.15, 0.2) is 71.1 Å². The van der Waals surface area contributed by atoms with Gasteiger partial charge >= 0.3 is 0 Å². The molecule has 0 unspecified atom stereocenters. The first-order valence-electron chi connectivity index (χ1n) is 8.90. The van der Waals surface area contributed by atoms with Crippen LogP contribution in [0.1, 0.15) is 39.0 Å². The molecule has 4 heteroatoms. The van der Waals surface area contributed by atoms with Crippen molar-refractivity contribution in [2.24, 2.45) is 0 Å². The summed E-state index contributed by atoms with van der Waals surface area (Å²) >= 11 is 0. The molecule has 0 bridgehead atoms. The average molecular weight is 360 g/mol. The van der Waals surface area contributed by atoms with Crippen LogP contribution in [0.25, 0.3) is 0 Å². The number of methoxy groups -OCH3 is 4. The minimum Gasteiger partial charge on any atom is -0.501 e. The van der Waals surface area contributed by atoms with E-state index in [4.69, 9.17) is 18.9 Å². The third-order valence-corrected chi connectivity index (χ3v) is 4.30. The van der Waals surface area contributed by atoms with Gasteiger partial charge in [0.2, 0.25) is 0 Å². The quantitative estimate of drug-likeness (QED) is 0.580. The molecule has 0 heterocycles. The Kier molecular flexibility index (Phi) is 10.1. The molecule has 0 amide bonds. The van der Waals surface area contributed by atoms with Gasteiger partial charge in [-0.15, -0.1) is 0 Å². The van der Waals surface area contributed by atoms with E-state index in [1.807, 2.05) is 19.1 Å². The van der Waals surface area contributed by atoms with Crippen LogP contribution in [0.5, 0.6) is 0 Å². The molecule has 0 N–H and O–H groups in total. The van der Waals surface area contributed by atoms with Gasteiger partial charge in [-0.25, -0.2) is 0 Å². The van der Waals surface area contributed by atoms with Gasteiger partial charge in [0.1, 0.15) is 5.76 Å². The largest absolute Gasteiger partial charge is 0.501 e. The smallest absolute Gasteiger partial charge is 0.198 e. The summed E-state index contributed by atoms with van der Waals surface area (Å²) in [7, 11) is 6.62. The molecule has 0 spiro atoms. The Hall–Kier alpha value is -2.36. The fourth-order valence-corrected chi connectivity index (χ4v) is 2.79. The highest BCUT2D eigenvalue weighted by Gasteiger charge is 2.18. The monoisotopic (exact) mass is 360 g/mol. The zero-order valence-corrected chi connectivity index (χ0v) is 16.8. The van der Waals surface area contributed by atoms with Crippen LogP contribution < -0.4 is 0 Å². The highest BCUT2D eigenvalue weighted by Crippen LogP contribution is 2.30. The number of ether oxygens (including phenoxy) is 4. The van der Waals surface area contributed by atoms with Crippen molar-refractivity contribution in [3.63, 3.8) is 0 Å². The summed E-state index contributed by atoms with van der Waals surface area (Å²) in [5.74, 6) is 2.92. The standard InChI is InChI=1S/C22H32O4/c1-7-11-18-12-9-8-10-13-20(24-4)22(26-6)21(25-5)16-19(18)15-14-17(2)23-3/h7,11,13-15H,1,8-10,12,16H2,2-6H3/b17-14+,18-11-,19-15-,20-13+,22-21-. The molecule has 0 saturated carbocycles. The van der Waals surface area contributed by atoms with E-state index in [9.17, 15) is 0 Å². The Morgan fingerprint density at radius 2 is 1.77 bits per heavy atom. The summed E-state index contributed by atoms with van der Waals surface area (Å²) in [6.45, 7) is 5.80. The maximum absolute atomic E-state index is 5.68. The second-order valence-corrected chi connectivity index (χ2v) is 5.96. The molecule has 0 radical (unpaired) electrons. The van der Waals surface area contributed by atoms with Gasteiger partial charge in [0.25, 0.3) is 0 Å². The first kappa shape index (κ1) is 21.7. The fourth-order valence-electron chi connectivity index (χ4n) is 2.79. The summed E-state index contributed by atoms with van der Waals surface area (Å²) in [6.07, 6.45) is 14.7. The van der Waals surface area contributed by atoms with Gasteiger partial charge in [-0.2, -0.15) is 0 Å². The lowest BCUT2D eigenvalue weighted by Gasteiger charge is -2.17. The Bertz CT molecular complexity index is 618. The van der Waals surface area contributed by atoms with E-state index in [0.29, 0.717) is 17.9 Å². The van der Waals surface area contributed by atoms with Gasteiger partial charge in [0, 0.05) is 6.42 Å². The van der Waals surface area contributed by atoms with Gasteiger partial charge < -0.3 is 18.9 Å². The Balaban J connectivity index is 3.48. The zero-order chi connectivity index (χ0) is 19.4.